The highest BCUT2D eigenvalue weighted by molar-refractivity contribution is 6.03. The lowest BCUT2D eigenvalue weighted by molar-refractivity contribution is 0.0997. The molecule has 0 spiro atoms. The number of β-amino-alcohol motifs (C(OH)–C–C–N with tert-alkyl or cyclic N) is 1. The number of nitrogens with zero attached hydrogens (tertiary/aromatic N) is 2. The monoisotopic (exact) mass is 315 g/mol. The zero-order chi connectivity index (χ0) is 16.6. The Morgan fingerprint density at radius 1 is 1.43 bits per heavy atom. The minimum atomic E-state index is -0.524. The fourth-order valence-electron chi connectivity index (χ4n) is 3.29. The van der Waals surface area contributed by atoms with Crippen LogP contribution in [0, 0.1) is 5.92 Å². The number of carbonyl (C=O) groups excluding carboxylic acids is 1. The Morgan fingerprint density at radius 2 is 2.22 bits per heavy atom. The molecule has 1 aromatic heterocycles. The van der Waals surface area contributed by atoms with Gasteiger partial charge in [0.05, 0.1) is 18.8 Å². The number of primary amides is 1. The summed E-state index contributed by atoms with van der Waals surface area (Å²) in [6.07, 6.45) is 2.15. The van der Waals surface area contributed by atoms with E-state index in [1.54, 1.807) is 18.3 Å². The van der Waals surface area contributed by atoms with E-state index in [1.165, 1.54) is 7.11 Å². The molecule has 1 fully saturated rings. The number of aromatic nitrogens is 1. The zero-order valence-corrected chi connectivity index (χ0v) is 13.3. The number of nitrogens with two attached hydrogens (primary N) is 1. The fourth-order valence-corrected chi connectivity index (χ4v) is 3.29. The summed E-state index contributed by atoms with van der Waals surface area (Å²) in [6, 6.07) is 5.36. The second-order valence-corrected chi connectivity index (χ2v) is 6.17. The van der Waals surface area contributed by atoms with Crippen molar-refractivity contribution in [2.45, 2.75) is 19.4 Å². The summed E-state index contributed by atoms with van der Waals surface area (Å²) in [6.45, 7) is 3.51. The average molecular weight is 315 g/mol. The van der Waals surface area contributed by atoms with Gasteiger partial charge in [-0.2, -0.15) is 0 Å². The third-order valence-corrected chi connectivity index (χ3v) is 4.27. The van der Waals surface area contributed by atoms with Crippen molar-refractivity contribution in [2.24, 2.45) is 11.7 Å². The molecule has 1 saturated heterocycles. The topological polar surface area (TPSA) is 88.7 Å². The van der Waals surface area contributed by atoms with Gasteiger partial charge in [-0.1, -0.05) is 6.92 Å². The Hall–Kier alpha value is -2.34. The Bertz CT molecular complexity index is 737. The molecule has 1 aliphatic rings. The number of ether oxygens (including phenoxy) is 1. The standard InChI is InChI=1S/C17H21N3O3/c1-10-5-12(21)9-20(8-10)17-13-7-15(23-2)14(16(18)22)6-11(13)3-4-19-17/h3-4,6-7,10,12,21H,5,8-9H2,1-2H3,(H2,18,22)/t10-,12+/m1/s1. The maximum atomic E-state index is 11.6. The lowest BCUT2D eigenvalue weighted by Gasteiger charge is -2.35. The van der Waals surface area contributed by atoms with Gasteiger partial charge in [-0.3, -0.25) is 4.79 Å². The largest absolute Gasteiger partial charge is 0.496 e. The molecule has 6 heteroatoms. The predicted octanol–water partition coefficient (Wildman–Crippen LogP) is 1.55. The Kier molecular flexibility index (Phi) is 4.09. The molecule has 0 saturated carbocycles. The number of anilines is 1. The van der Waals surface area contributed by atoms with Gasteiger partial charge in [-0.15, -0.1) is 0 Å². The highest BCUT2D eigenvalue weighted by atomic mass is 16.5. The highest BCUT2D eigenvalue weighted by Crippen LogP contribution is 2.33. The minimum Gasteiger partial charge on any atom is -0.496 e. The van der Waals surface area contributed by atoms with Crippen LogP contribution in [0.5, 0.6) is 5.75 Å². The van der Waals surface area contributed by atoms with E-state index in [1.807, 2.05) is 6.07 Å². The SMILES string of the molecule is COc1cc2c(N3C[C@H](C)C[C@H](O)C3)nccc2cc1C(N)=O. The van der Waals surface area contributed by atoms with Crippen LogP contribution in [-0.4, -0.2) is 42.3 Å². The van der Waals surface area contributed by atoms with Gasteiger partial charge in [-0.25, -0.2) is 4.98 Å². The third kappa shape index (κ3) is 2.94. The molecule has 2 heterocycles. The predicted molar refractivity (Wildman–Crippen MR) is 88.8 cm³/mol. The van der Waals surface area contributed by atoms with Crippen molar-refractivity contribution < 1.29 is 14.6 Å². The van der Waals surface area contributed by atoms with E-state index in [0.717, 1.165) is 29.6 Å². The molecule has 0 unspecified atom stereocenters. The number of carbonyl (C=O) groups is 1. The first-order chi connectivity index (χ1) is 11.0. The molecule has 0 aliphatic carbocycles. The Balaban J connectivity index is 2.12. The quantitative estimate of drug-likeness (QED) is 0.897. The van der Waals surface area contributed by atoms with Crippen LogP contribution < -0.4 is 15.4 Å². The number of hydrogen-bond donors (Lipinski definition) is 2. The molecule has 2 atom stereocenters. The molecule has 23 heavy (non-hydrogen) atoms. The van der Waals surface area contributed by atoms with E-state index >= 15 is 0 Å². The maximum absolute atomic E-state index is 11.6. The zero-order valence-electron chi connectivity index (χ0n) is 13.3. The van der Waals surface area contributed by atoms with Crippen LogP contribution in [0.4, 0.5) is 5.82 Å². The summed E-state index contributed by atoms with van der Waals surface area (Å²) in [5.74, 6) is 1.10. The van der Waals surface area contributed by atoms with Crippen molar-refractivity contribution in [3.63, 3.8) is 0 Å². The van der Waals surface area contributed by atoms with Crippen LogP contribution >= 0.6 is 0 Å². The van der Waals surface area contributed by atoms with Crippen LogP contribution in [0.1, 0.15) is 23.7 Å². The van der Waals surface area contributed by atoms with Gasteiger partial charge in [0.2, 0.25) is 0 Å². The molecule has 3 N–H and O–H groups in total. The number of fused-ring (bicyclic) bond motifs is 1. The third-order valence-electron chi connectivity index (χ3n) is 4.27. The first-order valence-corrected chi connectivity index (χ1v) is 7.69. The van der Waals surface area contributed by atoms with Crippen molar-refractivity contribution >= 4 is 22.5 Å². The van der Waals surface area contributed by atoms with Crippen LogP contribution in [0.2, 0.25) is 0 Å². The molecule has 1 aromatic carbocycles. The summed E-state index contributed by atoms with van der Waals surface area (Å²) in [5.41, 5.74) is 5.77. The Morgan fingerprint density at radius 3 is 2.87 bits per heavy atom. The maximum Gasteiger partial charge on any atom is 0.252 e. The van der Waals surface area contributed by atoms with Crippen LogP contribution in [0.25, 0.3) is 10.8 Å². The molecule has 0 bridgehead atoms. The fraction of sp³-hybridized carbons (Fsp3) is 0.412. The summed E-state index contributed by atoms with van der Waals surface area (Å²) >= 11 is 0. The summed E-state index contributed by atoms with van der Waals surface area (Å²) in [7, 11) is 1.51. The summed E-state index contributed by atoms with van der Waals surface area (Å²) in [4.78, 5) is 18.2. The summed E-state index contributed by atoms with van der Waals surface area (Å²) < 4.78 is 5.30. The van der Waals surface area contributed by atoms with Crippen LogP contribution in [-0.2, 0) is 0 Å². The first kappa shape index (κ1) is 15.6. The van der Waals surface area contributed by atoms with Gasteiger partial charge in [0.1, 0.15) is 11.6 Å². The van der Waals surface area contributed by atoms with Crippen molar-refractivity contribution in [3.05, 3.63) is 30.0 Å². The Labute approximate surface area is 134 Å². The smallest absolute Gasteiger partial charge is 0.252 e. The van der Waals surface area contributed by atoms with Gasteiger partial charge in [-0.05, 0) is 35.9 Å². The molecule has 0 radical (unpaired) electrons. The molecular weight excluding hydrogens is 294 g/mol. The van der Waals surface area contributed by atoms with E-state index < -0.39 is 5.91 Å². The van der Waals surface area contributed by atoms with E-state index in [4.69, 9.17) is 10.5 Å². The van der Waals surface area contributed by atoms with Crippen molar-refractivity contribution in [1.82, 2.24) is 4.98 Å². The second-order valence-electron chi connectivity index (χ2n) is 6.17. The van der Waals surface area contributed by atoms with Crippen molar-refractivity contribution in [2.75, 3.05) is 25.1 Å². The molecular formula is C17H21N3O3. The van der Waals surface area contributed by atoms with E-state index in [9.17, 15) is 9.90 Å². The minimum absolute atomic E-state index is 0.351. The van der Waals surface area contributed by atoms with Gasteiger partial charge >= 0.3 is 0 Å². The number of benzene rings is 1. The molecule has 122 valence electrons. The van der Waals surface area contributed by atoms with E-state index in [-0.39, 0.29) is 6.10 Å². The number of methoxy groups -OCH3 is 1. The lowest BCUT2D eigenvalue weighted by atomic mass is 9.97. The molecule has 6 nitrogen and oxygen atoms in total. The van der Waals surface area contributed by atoms with Gasteiger partial charge in [0.15, 0.2) is 0 Å². The van der Waals surface area contributed by atoms with E-state index in [0.29, 0.717) is 23.8 Å². The molecule has 2 aromatic rings. The van der Waals surface area contributed by atoms with Crippen LogP contribution in [0.3, 0.4) is 0 Å². The number of piperidine rings is 1. The van der Waals surface area contributed by atoms with Gasteiger partial charge in [0.25, 0.3) is 5.91 Å². The average Bonchev–Trinajstić information content (AvgIpc) is 2.51. The first-order valence-electron chi connectivity index (χ1n) is 7.69. The highest BCUT2D eigenvalue weighted by Gasteiger charge is 2.25. The molecule has 1 amide bonds. The van der Waals surface area contributed by atoms with Crippen molar-refractivity contribution in [1.29, 1.82) is 0 Å². The second kappa shape index (κ2) is 6.04. The lowest BCUT2D eigenvalue weighted by Crippen LogP contribution is -2.42. The molecule has 1 aliphatic heterocycles. The molecule has 3 rings (SSSR count). The number of hydrogen-bond acceptors (Lipinski definition) is 5. The number of pyridine rings is 1. The number of aliphatic hydroxyl groups excluding tert-OH is 1. The van der Waals surface area contributed by atoms with Crippen LogP contribution in [0.15, 0.2) is 24.4 Å². The van der Waals surface area contributed by atoms with Gasteiger partial charge in [0, 0.05) is 24.7 Å². The van der Waals surface area contributed by atoms with Gasteiger partial charge < -0.3 is 20.5 Å². The number of aliphatic hydroxyl groups is 1. The van der Waals surface area contributed by atoms with E-state index in [2.05, 4.69) is 16.8 Å². The summed E-state index contributed by atoms with van der Waals surface area (Å²) in [5, 5.41) is 11.8. The number of rotatable bonds is 3. The normalized spacial score (nSPS) is 21.4. The van der Waals surface area contributed by atoms with Crippen molar-refractivity contribution in [3.8, 4) is 5.75 Å². The number of amides is 1.